The Morgan fingerprint density at radius 2 is 2.36 bits per heavy atom. The number of halogens is 1. The van der Waals surface area contributed by atoms with Crippen molar-refractivity contribution in [3.05, 3.63) is 34.9 Å². The molecule has 1 rings (SSSR count). The maximum Gasteiger partial charge on any atom is 0.0562 e. The van der Waals surface area contributed by atoms with Crippen LogP contribution >= 0.6 is 11.6 Å². The Kier molecular flexibility index (Phi) is 4.15. The molecule has 0 fully saturated rings. The fourth-order valence-corrected chi connectivity index (χ4v) is 1.98. The van der Waals surface area contributed by atoms with Gasteiger partial charge in [0.1, 0.15) is 0 Å². The molecule has 2 heteroatoms. The van der Waals surface area contributed by atoms with Crippen LogP contribution < -0.4 is 0 Å². The van der Waals surface area contributed by atoms with E-state index in [0.29, 0.717) is 0 Å². The molecule has 1 atom stereocenters. The fourth-order valence-electron chi connectivity index (χ4n) is 1.62. The van der Waals surface area contributed by atoms with E-state index < -0.39 is 0 Å². The second-order valence-electron chi connectivity index (χ2n) is 3.43. The molecule has 0 N–H and O–H groups in total. The van der Waals surface area contributed by atoms with Crippen molar-refractivity contribution in [2.24, 2.45) is 4.99 Å². The van der Waals surface area contributed by atoms with E-state index in [0.717, 1.165) is 6.42 Å². The van der Waals surface area contributed by atoms with Gasteiger partial charge in [0.2, 0.25) is 0 Å². The summed E-state index contributed by atoms with van der Waals surface area (Å²) < 4.78 is 0. The first-order chi connectivity index (χ1) is 6.67. The maximum atomic E-state index is 6.12. The Morgan fingerprint density at radius 3 is 2.86 bits per heavy atom. The zero-order valence-corrected chi connectivity index (χ0v) is 9.67. The van der Waals surface area contributed by atoms with E-state index in [1.54, 1.807) is 7.05 Å². The van der Waals surface area contributed by atoms with E-state index >= 15 is 0 Å². The van der Waals surface area contributed by atoms with Crippen LogP contribution in [-0.2, 0) is 0 Å². The Morgan fingerprint density at radius 1 is 1.64 bits per heavy atom. The second kappa shape index (κ2) is 5.16. The monoisotopic (exact) mass is 209 g/mol. The molecule has 0 aliphatic heterocycles. The van der Waals surface area contributed by atoms with Crippen molar-refractivity contribution in [3.63, 3.8) is 0 Å². The van der Waals surface area contributed by atoms with Gasteiger partial charge >= 0.3 is 0 Å². The van der Waals surface area contributed by atoms with E-state index in [2.05, 4.69) is 30.1 Å². The first kappa shape index (κ1) is 11.3. The SMILES string of the molecule is C/C=C(\C=NC)C1=CC(C)=CC(Cl)C1. The van der Waals surface area contributed by atoms with Gasteiger partial charge in [-0.15, -0.1) is 11.6 Å². The minimum atomic E-state index is 0.121. The quantitative estimate of drug-likeness (QED) is 0.488. The molecular weight excluding hydrogens is 194 g/mol. The summed E-state index contributed by atoms with van der Waals surface area (Å²) in [5, 5.41) is 0.121. The van der Waals surface area contributed by atoms with Gasteiger partial charge in [-0.3, -0.25) is 4.99 Å². The van der Waals surface area contributed by atoms with Gasteiger partial charge < -0.3 is 0 Å². The first-order valence-electron chi connectivity index (χ1n) is 4.79. The number of nitrogens with zero attached hydrogens (tertiary/aromatic N) is 1. The second-order valence-corrected chi connectivity index (χ2v) is 3.99. The molecule has 0 spiro atoms. The molecule has 0 amide bonds. The molecule has 76 valence electrons. The van der Waals surface area contributed by atoms with Crippen LogP contribution in [0, 0.1) is 0 Å². The molecule has 0 heterocycles. The van der Waals surface area contributed by atoms with Crippen LogP contribution in [0.25, 0.3) is 0 Å². The van der Waals surface area contributed by atoms with E-state index in [4.69, 9.17) is 11.6 Å². The van der Waals surface area contributed by atoms with Crippen molar-refractivity contribution < 1.29 is 0 Å². The summed E-state index contributed by atoms with van der Waals surface area (Å²) in [4.78, 5) is 4.04. The van der Waals surface area contributed by atoms with Crippen LogP contribution in [0.3, 0.4) is 0 Å². The maximum absolute atomic E-state index is 6.12. The summed E-state index contributed by atoms with van der Waals surface area (Å²) in [5.74, 6) is 0. The van der Waals surface area contributed by atoms with Gasteiger partial charge in [-0.2, -0.15) is 0 Å². The van der Waals surface area contributed by atoms with E-state index in [9.17, 15) is 0 Å². The van der Waals surface area contributed by atoms with Gasteiger partial charge in [0.15, 0.2) is 0 Å². The van der Waals surface area contributed by atoms with Crippen molar-refractivity contribution in [2.75, 3.05) is 7.05 Å². The largest absolute Gasteiger partial charge is 0.296 e. The van der Waals surface area contributed by atoms with Crippen molar-refractivity contribution >= 4 is 17.8 Å². The number of rotatable bonds is 2. The molecule has 1 aliphatic rings. The lowest BCUT2D eigenvalue weighted by atomic mass is 9.94. The molecule has 0 aromatic carbocycles. The number of hydrogen-bond donors (Lipinski definition) is 0. The minimum absolute atomic E-state index is 0.121. The van der Waals surface area contributed by atoms with Gasteiger partial charge in [0.05, 0.1) is 5.38 Å². The number of aliphatic imine (C=N–C) groups is 1. The molecular formula is C12H16ClN. The first-order valence-corrected chi connectivity index (χ1v) is 5.23. The van der Waals surface area contributed by atoms with Crippen LogP contribution in [0.15, 0.2) is 39.9 Å². The number of hydrogen-bond acceptors (Lipinski definition) is 1. The summed E-state index contributed by atoms with van der Waals surface area (Å²) in [6.45, 7) is 4.10. The van der Waals surface area contributed by atoms with Crippen LogP contribution in [0.2, 0.25) is 0 Å². The topological polar surface area (TPSA) is 12.4 Å². The Balaban J connectivity index is 2.93. The Bertz CT molecular complexity index is 321. The van der Waals surface area contributed by atoms with Crippen LogP contribution in [0.4, 0.5) is 0 Å². The lowest BCUT2D eigenvalue weighted by Crippen LogP contribution is -2.05. The minimum Gasteiger partial charge on any atom is -0.296 e. The molecule has 0 radical (unpaired) electrons. The van der Waals surface area contributed by atoms with E-state index in [1.807, 2.05) is 13.1 Å². The summed E-state index contributed by atoms with van der Waals surface area (Å²) >= 11 is 6.12. The molecule has 1 aliphatic carbocycles. The number of allylic oxidation sites excluding steroid dienone is 6. The van der Waals surface area contributed by atoms with Crippen LogP contribution in [-0.4, -0.2) is 18.6 Å². The average Bonchev–Trinajstić information content (AvgIpc) is 2.12. The normalized spacial score (nSPS) is 23.7. The predicted molar refractivity (Wildman–Crippen MR) is 64.3 cm³/mol. The highest BCUT2D eigenvalue weighted by Crippen LogP contribution is 2.25. The predicted octanol–water partition coefficient (Wildman–Crippen LogP) is 3.52. The molecule has 1 nitrogen and oxygen atoms in total. The van der Waals surface area contributed by atoms with E-state index in [-0.39, 0.29) is 5.38 Å². The third-order valence-electron chi connectivity index (χ3n) is 2.21. The van der Waals surface area contributed by atoms with Crippen molar-refractivity contribution in [3.8, 4) is 0 Å². The summed E-state index contributed by atoms with van der Waals surface area (Å²) in [6, 6.07) is 0. The molecule has 0 saturated carbocycles. The molecule has 0 bridgehead atoms. The zero-order chi connectivity index (χ0) is 10.6. The Labute approximate surface area is 90.9 Å². The van der Waals surface area contributed by atoms with Gasteiger partial charge in [-0.1, -0.05) is 23.8 Å². The lowest BCUT2D eigenvalue weighted by molar-refractivity contribution is 0.972. The van der Waals surface area contributed by atoms with Gasteiger partial charge in [0.25, 0.3) is 0 Å². The smallest absolute Gasteiger partial charge is 0.0562 e. The lowest BCUT2D eigenvalue weighted by Gasteiger charge is -2.16. The average molecular weight is 210 g/mol. The molecule has 0 aromatic rings. The number of alkyl halides is 1. The zero-order valence-electron chi connectivity index (χ0n) is 8.92. The summed E-state index contributed by atoms with van der Waals surface area (Å²) in [6.07, 6.45) is 9.11. The molecule has 0 aromatic heterocycles. The summed E-state index contributed by atoms with van der Waals surface area (Å²) in [5.41, 5.74) is 3.68. The van der Waals surface area contributed by atoms with Crippen LogP contribution in [0.1, 0.15) is 20.3 Å². The highest BCUT2D eigenvalue weighted by atomic mass is 35.5. The highest BCUT2D eigenvalue weighted by molar-refractivity contribution is 6.22. The Hall–Kier alpha value is -0.820. The van der Waals surface area contributed by atoms with E-state index in [1.165, 1.54) is 16.7 Å². The van der Waals surface area contributed by atoms with Gasteiger partial charge in [-0.05, 0) is 31.4 Å². The molecule has 0 saturated heterocycles. The fraction of sp³-hybridized carbons (Fsp3) is 0.417. The van der Waals surface area contributed by atoms with Crippen molar-refractivity contribution in [2.45, 2.75) is 25.6 Å². The standard InChI is InChI=1S/C12H16ClN/c1-4-10(8-14-3)11-5-9(2)6-12(13)7-11/h4-6,8,12H,7H2,1-3H3/b10-4+,14-8?. The van der Waals surface area contributed by atoms with Crippen molar-refractivity contribution in [1.82, 2.24) is 0 Å². The van der Waals surface area contributed by atoms with Crippen molar-refractivity contribution in [1.29, 1.82) is 0 Å². The highest BCUT2D eigenvalue weighted by Gasteiger charge is 2.12. The molecule has 14 heavy (non-hydrogen) atoms. The van der Waals surface area contributed by atoms with Crippen LogP contribution in [0.5, 0.6) is 0 Å². The van der Waals surface area contributed by atoms with Gasteiger partial charge in [-0.25, -0.2) is 0 Å². The third kappa shape index (κ3) is 2.85. The molecule has 1 unspecified atom stereocenters. The van der Waals surface area contributed by atoms with Gasteiger partial charge in [0, 0.05) is 13.3 Å². The summed E-state index contributed by atoms with van der Waals surface area (Å²) in [7, 11) is 1.79. The third-order valence-corrected chi connectivity index (χ3v) is 2.49.